The van der Waals surface area contributed by atoms with E-state index < -0.39 is 5.97 Å². The molecule has 29 heavy (non-hydrogen) atoms. The van der Waals surface area contributed by atoms with Crippen LogP contribution in [0.25, 0.3) is 0 Å². The zero-order chi connectivity index (χ0) is 21.0. The smallest absolute Gasteiger partial charge is 0.337 e. The third-order valence-corrected chi connectivity index (χ3v) is 4.53. The summed E-state index contributed by atoms with van der Waals surface area (Å²) in [5.74, 6) is -0.0791. The zero-order valence-electron chi connectivity index (χ0n) is 17.1. The second-order valence-electron chi connectivity index (χ2n) is 7.83. The number of rotatable bonds is 5. The molecule has 1 amide bonds. The number of hydrogen-bond donors (Lipinski definition) is 1. The lowest BCUT2D eigenvalue weighted by Gasteiger charge is -2.14. The largest absolute Gasteiger partial charge is 0.465 e. The van der Waals surface area contributed by atoms with Gasteiger partial charge in [-0.25, -0.2) is 9.48 Å². The Morgan fingerprint density at radius 3 is 2.21 bits per heavy atom. The summed E-state index contributed by atoms with van der Waals surface area (Å²) < 4.78 is 6.49. The lowest BCUT2D eigenvalue weighted by molar-refractivity contribution is 0.0600. The van der Waals surface area contributed by atoms with Crippen molar-refractivity contribution in [3.63, 3.8) is 0 Å². The van der Waals surface area contributed by atoms with Crippen molar-refractivity contribution in [2.24, 2.45) is 0 Å². The Bertz CT molecular complexity index is 1000. The summed E-state index contributed by atoms with van der Waals surface area (Å²) in [6.07, 6.45) is 0. The molecule has 3 rings (SSSR count). The van der Waals surface area contributed by atoms with E-state index in [-0.39, 0.29) is 11.3 Å². The Kier molecular flexibility index (Phi) is 5.82. The van der Waals surface area contributed by atoms with Crippen molar-refractivity contribution < 1.29 is 14.3 Å². The third-order valence-electron chi connectivity index (χ3n) is 4.53. The maximum absolute atomic E-state index is 12.8. The van der Waals surface area contributed by atoms with E-state index in [1.54, 1.807) is 28.9 Å². The fraction of sp³-hybridized carbons (Fsp3) is 0.261. The lowest BCUT2D eigenvalue weighted by atomic mass is 9.92. The molecule has 0 fully saturated rings. The summed E-state index contributed by atoms with van der Waals surface area (Å²) in [6.45, 7) is 6.80. The first-order chi connectivity index (χ1) is 13.8. The van der Waals surface area contributed by atoms with Crippen LogP contribution in [-0.4, -0.2) is 28.8 Å². The molecule has 0 spiro atoms. The summed E-state index contributed by atoms with van der Waals surface area (Å²) in [4.78, 5) is 24.3. The molecule has 6 heteroatoms. The van der Waals surface area contributed by atoms with Crippen LogP contribution in [0, 0.1) is 0 Å². The molecular weight excluding hydrogens is 366 g/mol. The molecule has 0 unspecified atom stereocenters. The van der Waals surface area contributed by atoms with Crippen LogP contribution < -0.4 is 5.32 Å². The van der Waals surface area contributed by atoms with Crippen LogP contribution in [0.4, 0.5) is 5.82 Å². The minimum Gasteiger partial charge on any atom is -0.465 e. The quantitative estimate of drug-likeness (QED) is 0.659. The first-order valence-corrected chi connectivity index (χ1v) is 9.40. The summed E-state index contributed by atoms with van der Waals surface area (Å²) in [7, 11) is 1.32. The first-order valence-electron chi connectivity index (χ1n) is 9.40. The van der Waals surface area contributed by atoms with Gasteiger partial charge >= 0.3 is 5.97 Å². The molecule has 1 N–H and O–H groups in total. The molecular formula is C23H25N3O3. The number of anilines is 1. The van der Waals surface area contributed by atoms with Gasteiger partial charge < -0.3 is 10.1 Å². The number of nitrogens with zero attached hydrogens (tertiary/aromatic N) is 2. The number of carbonyl (C=O) groups is 2. The van der Waals surface area contributed by atoms with Crippen molar-refractivity contribution >= 4 is 17.7 Å². The predicted octanol–water partition coefficient (Wildman–Crippen LogP) is 4.27. The molecule has 1 aromatic heterocycles. The Morgan fingerprint density at radius 1 is 1.00 bits per heavy atom. The molecule has 6 nitrogen and oxygen atoms in total. The Labute approximate surface area is 170 Å². The SMILES string of the molecule is COC(=O)c1ccc(C(=O)Nc2cc(C(C)(C)C)nn2Cc2ccccc2)cc1. The number of aromatic nitrogens is 2. The van der Waals surface area contributed by atoms with Crippen LogP contribution in [0.2, 0.25) is 0 Å². The lowest BCUT2D eigenvalue weighted by Crippen LogP contribution is -2.16. The monoisotopic (exact) mass is 391 g/mol. The molecule has 150 valence electrons. The van der Waals surface area contributed by atoms with Crippen LogP contribution in [0.1, 0.15) is 52.7 Å². The van der Waals surface area contributed by atoms with Crippen molar-refractivity contribution in [1.82, 2.24) is 9.78 Å². The maximum atomic E-state index is 12.8. The maximum Gasteiger partial charge on any atom is 0.337 e. The van der Waals surface area contributed by atoms with Gasteiger partial charge in [-0.15, -0.1) is 0 Å². The molecule has 0 aliphatic carbocycles. The average Bonchev–Trinajstić information content (AvgIpc) is 3.11. The topological polar surface area (TPSA) is 73.2 Å². The molecule has 3 aromatic rings. The van der Waals surface area contributed by atoms with E-state index in [0.717, 1.165) is 11.3 Å². The van der Waals surface area contributed by atoms with Gasteiger partial charge in [0.15, 0.2) is 0 Å². The molecule has 0 atom stereocenters. The molecule has 0 saturated carbocycles. The number of esters is 1. The summed E-state index contributed by atoms with van der Waals surface area (Å²) >= 11 is 0. The van der Waals surface area contributed by atoms with E-state index in [9.17, 15) is 9.59 Å². The van der Waals surface area contributed by atoms with Gasteiger partial charge in [-0.3, -0.25) is 4.79 Å². The highest BCUT2D eigenvalue weighted by Crippen LogP contribution is 2.25. The standard InChI is InChI=1S/C23H25N3O3/c1-23(2,3)19-14-20(26(25-19)15-16-8-6-5-7-9-16)24-21(27)17-10-12-18(13-11-17)22(28)29-4/h5-14H,15H2,1-4H3,(H,24,27). The van der Waals surface area contributed by atoms with Crippen LogP contribution >= 0.6 is 0 Å². The second kappa shape index (κ2) is 8.31. The number of amides is 1. The molecule has 0 aliphatic heterocycles. The van der Waals surface area contributed by atoms with E-state index in [4.69, 9.17) is 5.10 Å². The molecule has 2 aromatic carbocycles. The van der Waals surface area contributed by atoms with Gasteiger partial charge in [0.2, 0.25) is 0 Å². The van der Waals surface area contributed by atoms with E-state index in [1.807, 2.05) is 36.4 Å². The van der Waals surface area contributed by atoms with E-state index in [1.165, 1.54) is 7.11 Å². The minimum absolute atomic E-state index is 0.149. The first kappa shape index (κ1) is 20.3. The fourth-order valence-electron chi connectivity index (χ4n) is 2.82. The highest BCUT2D eigenvalue weighted by molar-refractivity contribution is 6.04. The number of benzene rings is 2. The van der Waals surface area contributed by atoms with Crippen molar-refractivity contribution in [2.45, 2.75) is 32.7 Å². The minimum atomic E-state index is -0.437. The van der Waals surface area contributed by atoms with Gasteiger partial charge in [0, 0.05) is 17.0 Å². The van der Waals surface area contributed by atoms with E-state index >= 15 is 0 Å². The van der Waals surface area contributed by atoms with Gasteiger partial charge in [-0.2, -0.15) is 5.10 Å². The Morgan fingerprint density at radius 2 is 1.62 bits per heavy atom. The van der Waals surface area contributed by atoms with Crippen LogP contribution in [0.5, 0.6) is 0 Å². The number of ether oxygens (including phenoxy) is 1. The second-order valence-corrected chi connectivity index (χ2v) is 7.83. The van der Waals surface area contributed by atoms with Gasteiger partial charge in [-0.05, 0) is 29.8 Å². The van der Waals surface area contributed by atoms with Gasteiger partial charge in [-0.1, -0.05) is 51.1 Å². The molecule has 0 bridgehead atoms. The van der Waals surface area contributed by atoms with Crippen molar-refractivity contribution in [3.8, 4) is 0 Å². The molecule has 0 saturated heterocycles. The van der Waals surface area contributed by atoms with Gasteiger partial charge in [0.25, 0.3) is 5.91 Å². The van der Waals surface area contributed by atoms with Crippen LogP contribution in [0.3, 0.4) is 0 Å². The third kappa shape index (κ3) is 4.90. The van der Waals surface area contributed by atoms with Crippen molar-refractivity contribution in [2.75, 3.05) is 12.4 Å². The number of hydrogen-bond acceptors (Lipinski definition) is 4. The van der Waals surface area contributed by atoms with E-state index in [2.05, 4.69) is 30.8 Å². The van der Waals surface area contributed by atoms with Crippen molar-refractivity contribution in [3.05, 3.63) is 83.0 Å². The molecule has 0 aliphatic rings. The van der Waals surface area contributed by atoms with Gasteiger partial charge in [0.1, 0.15) is 5.82 Å². The summed E-state index contributed by atoms with van der Waals surface area (Å²) in [5, 5.41) is 7.66. The summed E-state index contributed by atoms with van der Waals surface area (Å²) in [6, 6.07) is 18.2. The molecule has 0 radical (unpaired) electrons. The summed E-state index contributed by atoms with van der Waals surface area (Å²) in [5.41, 5.74) is 2.68. The highest BCUT2D eigenvalue weighted by atomic mass is 16.5. The highest BCUT2D eigenvalue weighted by Gasteiger charge is 2.21. The fourth-order valence-corrected chi connectivity index (χ4v) is 2.82. The van der Waals surface area contributed by atoms with Crippen LogP contribution in [-0.2, 0) is 16.7 Å². The predicted molar refractivity (Wildman–Crippen MR) is 112 cm³/mol. The number of carbonyl (C=O) groups excluding carboxylic acids is 2. The number of methoxy groups -OCH3 is 1. The van der Waals surface area contributed by atoms with Gasteiger partial charge in [0.05, 0.1) is 24.9 Å². The van der Waals surface area contributed by atoms with Crippen molar-refractivity contribution in [1.29, 1.82) is 0 Å². The normalized spacial score (nSPS) is 11.2. The van der Waals surface area contributed by atoms with E-state index in [0.29, 0.717) is 23.5 Å². The Hall–Kier alpha value is -3.41. The zero-order valence-corrected chi connectivity index (χ0v) is 17.1. The number of nitrogens with one attached hydrogen (secondary N) is 1. The molecule has 1 heterocycles. The average molecular weight is 391 g/mol. The van der Waals surface area contributed by atoms with Crippen LogP contribution in [0.15, 0.2) is 60.7 Å². The Balaban J connectivity index is 1.85.